The van der Waals surface area contributed by atoms with Gasteiger partial charge in [0.15, 0.2) is 0 Å². The van der Waals surface area contributed by atoms with Gasteiger partial charge in [-0.05, 0) is 59.5 Å². The second kappa shape index (κ2) is 9.96. The topological polar surface area (TPSA) is 59.3 Å². The van der Waals surface area contributed by atoms with E-state index in [-0.39, 0.29) is 12.3 Å². The third kappa shape index (κ3) is 5.62. The van der Waals surface area contributed by atoms with Gasteiger partial charge in [-0.2, -0.15) is 5.26 Å². The lowest BCUT2D eigenvalue weighted by Crippen LogP contribution is -2.13. The van der Waals surface area contributed by atoms with E-state index < -0.39 is 11.9 Å². The zero-order chi connectivity index (χ0) is 21.5. The molecule has 0 radical (unpaired) electrons. The molecule has 0 amide bonds. The van der Waals surface area contributed by atoms with Gasteiger partial charge < -0.3 is 9.47 Å². The summed E-state index contributed by atoms with van der Waals surface area (Å²) in [4.78, 5) is 12.6. The van der Waals surface area contributed by atoms with Crippen LogP contribution in [0.25, 0.3) is 0 Å². The Labute approximate surface area is 181 Å². The van der Waals surface area contributed by atoms with Crippen molar-refractivity contribution in [3.05, 3.63) is 88.9 Å². The lowest BCUT2D eigenvalue weighted by Gasteiger charge is -2.15. The van der Waals surface area contributed by atoms with Gasteiger partial charge in [-0.15, -0.1) is 0 Å². The molecule has 3 aromatic rings. The average Bonchev–Trinajstić information content (AvgIpc) is 2.74. The Balaban J connectivity index is 1.72. The minimum atomic E-state index is -0.647. The number of carbonyl (C=O) groups excluding carboxylic acids is 1. The van der Waals surface area contributed by atoms with Crippen molar-refractivity contribution in [1.29, 1.82) is 5.26 Å². The summed E-state index contributed by atoms with van der Waals surface area (Å²) in [6.45, 7) is 4.00. The number of esters is 1. The molecule has 0 saturated carbocycles. The van der Waals surface area contributed by atoms with Crippen LogP contribution < -0.4 is 9.47 Å². The number of nitriles is 1. The molecular formula is C25H22ClNO3. The number of halogens is 1. The Hall–Kier alpha value is -3.29. The van der Waals surface area contributed by atoms with Crippen LogP contribution in [0.2, 0.25) is 5.02 Å². The minimum Gasteiger partial charge on any atom is -0.457 e. The SMILES string of the molecule is CC(C)c1cc(Cl)ccc1OC(=O)CC(C#N)c1cccc(Oc2ccccc2)c1. The second-order valence-corrected chi connectivity index (χ2v) is 7.62. The summed E-state index contributed by atoms with van der Waals surface area (Å²) in [5, 5.41) is 10.2. The fourth-order valence-electron chi connectivity index (χ4n) is 3.05. The highest BCUT2D eigenvalue weighted by Gasteiger charge is 2.20. The van der Waals surface area contributed by atoms with Gasteiger partial charge in [0.25, 0.3) is 0 Å². The Morgan fingerprint density at radius 2 is 1.73 bits per heavy atom. The van der Waals surface area contributed by atoms with Crippen molar-refractivity contribution in [1.82, 2.24) is 0 Å². The number of ether oxygens (including phenoxy) is 2. The number of carbonyl (C=O) groups is 1. The third-order valence-corrected chi connectivity index (χ3v) is 4.82. The largest absolute Gasteiger partial charge is 0.457 e. The highest BCUT2D eigenvalue weighted by Crippen LogP contribution is 2.31. The van der Waals surface area contributed by atoms with Gasteiger partial charge in [-0.25, -0.2) is 0 Å². The van der Waals surface area contributed by atoms with Crippen LogP contribution in [0.15, 0.2) is 72.8 Å². The van der Waals surface area contributed by atoms with Crippen LogP contribution in [0.5, 0.6) is 17.2 Å². The second-order valence-electron chi connectivity index (χ2n) is 7.18. The van der Waals surface area contributed by atoms with Crippen molar-refractivity contribution in [3.8, 4) is 23.3 Å². The van der Waals surface area contributed by atoms with E-state index in [9.17, 15) is 10.1 Å². The van der Waals surface area contributed by atoms with Crippen molar-refractivity contribution in [2.24, 2.45) is 0 Å². The lowest BCUT2D eigenvalue weighted by molar-refractivity contribution is -0.134. The first-order valence-electron chi connectivity index (χ1n) is 9.69. The molecule has 0 aliphatic carbocycles. The monoisotopic (exact) mass is 419 g/mol. The summed E-state index contributed by atoms with van der Waals surface area (Å²) in [6.07, 6.45) is -0.0640. The highest BCUT2D eigenvalue weighted by molar-refractivity contribution is 6.30. The van der Waals surface area contributed by atoms with E-state index in [1.165, 1.54) is 0 Å². The van der Waals surface area contributed by atoms with Crippen LogP contribution >= 0.6 is 11.6 Å². The quantitative estimate of drug-likeness (QED) is 0.310. The summed E-state index contributed by atoms with van der Waals surface area (Å²) in [6, 6.07) is 23.9. The van der Waals surface area contributed by atoms with Gasteiger partial charge in [0, 0.05) is 5.02 Å². The third-order valence-electron chi connectivity index (χ3n) is 4.58. The number of hydrogen-bond donors (Lipinski definition) is 0. The first-order valence-corrected chi connectivity index (χ1v) is 10.1. The molecule has 0 N–H and O–H groups in total. The predicted molar refractivity (Wildman–Crippen MR) is 117 cm³/mol. The molecule has 3 rings (SSSR count). The molecule has 0 fully saturated rings. The molecule has 1 unspecified atom stereocenters. The van der Waals surface area contributed by atoms with Gasteiger partial charge in [0.05, 0.1) is 18.4 Å². The molecule has 152 valence electrons. The molecule has 0 bridgehead atoms. The van der Waals surface area contributed by atoms with Gasteiger partial charge in [0.2, 0.25) is 0 Å². The number of benzene rings is 3. The molecule has 4 nitrogen and oxygen atoms in total. The number of para-hydroxylation sites is 1. The van der Waals surface area contributed by atoms with Crippen LogP contribution in [0.3, 0.4) is 0 Å². The molecule has 0 aliphatic heterocycles. The van der Waals surface area contributed by atoms with Crippen molar-refractivity contribution < 1.29 is 14.3 Å². The first kappa shape index (κ1) is 21.4. The molecular weight excluding hydrogens is 398 g/mol. The zero-order valence-electron chi connectivity index (χ0n) is 16.8. The highest BCUT2D eigenvalue weighted by atomic mass is 35.5. The normalized spacial score (nSPS) is 11.6. The van der Waals surface area contributed by atoms with E-state index in [4.69, 9.17) is 21.1 Å². The molecule has 0 aromatic heterocycles. The molecule has 0 aliphatic rings. The fraction of sp³-hybridized carbons (Fsp3) is 0.200. The summed E-state index contributed by atoms with van der Waals surface area (Å²) >= 11 is 6.06. The number of rotatable bonds is 7. The van der Waals surface area contributed by atoms with Gasteiger partial charge in [-0.3, -0.25) is 4.79 Å². The van der Waals surface area contributed by atoms with E-state index in [2.05, 4.69) is 6.07 Å². The summed E-state index contributed by atoms with van der Waals surface area (Å²) in [5.74, 6) is 0.799. The van der Waals surface area contributed by atoms with E-state index in [0.717, 1.165) is 5.56 Å². The number of nitrogens with zero attached hydrogens (tertiary/aromatic N) is 1. The van der Waals surface area contributed by atoms with Gasteiger partial charge >= 0.3 is 5.97 Å². The van der Waals surface area contributed by atoms with Crippen molar-refractivity contribution in [2.45, 2.75) is 32.1 Å². The maximum Gasteiger partial charge on any atom is 0.312 e. The standard InChI is InChI=1S/C25H22ClNO3/c1-17(2)23-15-20(26)11-12-24(23)30-25(28)14-19(16-27)18-7-6-10-22(13-18)29-21-8-4-3-5-9-21/h3-13,15,17,19H,14H2,1-2H3. The van der Waals surface area contributed by atoms with E-state index >= 15 is 0 Å². The summed E-state index contributed by atoms with van der Waals surface area (Å²) in [7, 11) is 0. The zero-order valence-corrected chi connectivity index (χ0v) is 17.6. The molecule has 0 saturated heterocycles. The van der Waals surface area contributed by atoms with Crippen LogP contribution in [0, 0.1) is 11.3 Å². The van der Waals surface area contributed by atoms with Crippen LogP contribution in [0.1, 0.15) is 43.2 Å². The van der Waals surface area contributed by atoms with Crippen molar-refractivity contribution >= 4 is 17.6 Å². The Bertz CT molecular complexity index is 1060. The van der Waals surface area contributed by atoms with Crippen LogP contribution in [-0.4, -0.2) is 5.97 Å². The van der Waals surface area contributed by atoms with Crippen molar-refractivity contribution in [3.63, 3.8) is 0 Å². The van der Waals surface area contributed by atoms with Gasteiger partial charge in [-0.1, -0.05) is 55.8 Å². The smallest absolute Gasteiger partial charge is 0.312 e. The maximum atomic E-state index is 12.6. The fourth-order valence-corrected chi connectivity index (χ4v) is 3.23. The molecule has 3 aromatic carbocycles. The molecule has 1 atom stereocenters. The first-order chi connectivity index (χ1) is 14.5. The van der Waals surface area contributed by atoms with Gasteiger partial charge in [0.1, 0.15) is 17.2 Å². The minimum absolute atomic E-state index is 0.0640. The summed E-state index contributed by atoms with van der Waals surface area (Å²) in [5.41, 5.74) is 1.55. The Morgan fingerprint density at radius 1 is 1.00 bits per heavy atom. The van der Waals surface area contributed by atoms with Crippen molar-refractivity contribution in [2.75, 3.05) is 0 Å². The summed E-state index contributed by atoms with van der Waals surface area (Å²) < 4.78 is 11.4. The molecule has 30 heavy (non-hydrogen) atoms. The molecule has 5 heteroatoms. The maximum absolute atomic E-state index is 12.6. The predicted octanol–water partition coefficient (Wildman–Crippen LogP) is 6.86. The van der Waals surface area contributed by atoms with E-state index in [1.807, 2.05) is 50.2 Å². The van der Waals surface area contributed by atoms with E-state index in [0.29, 0.717) is 27.8 Å². The number of hydrogen-bond acceptors (Lipinski definition) is 4. The molecule has 0 heterocycles. The Kier molecular flexibility index (Phi) is 7.11. The van der Waals surface area contributed by atoms with E-state index in [1.54, 1.807) is 36.4 Å². The lowest BCUT2D eigenvalue weighted by atomic mass is 9.97. The average molecular weight is 420 g/mol. The Morgan fingerprint density at radius 3 is 2.43 bits per heavy atom. The van der Waals surface area contributed by atoms with Crippen LogP contribution in [0.4, 0.5) is 0 Å². The molecule has 0 spiro atoms. The van der Waals surface area contributed by atoms with Crippen LogP contribution in [-0.2, 0) is 4.79 Å².